The maximum atomic E-state index is 11.1. The molecule has 0 bridgehead atoms. The number of hydrogen-bond acceptors (Lipinski definition) is 4. The van der Waals surface area contributed by atoms with Gasteiger partial charge in [-0.15, -0.1) is 0 Å². The van der Waals surface area contributed by atoms with Crippen molar-refractivity contribution in [2.45, 2.75) is 0 Å². The van der Waals surface area contributed by atoms with Crippen molar-refractivity contribution in [2.24, 2.45) is 0 Å². The normalized spacial score (nSPS) is 14.7. The quantitative estimate of drug-likeness (QED) is 0.561. The number of carbonyl (C=O) groups is 1. The molecule has 0 unspecified atom stereocenters. The third-order valence-electron chi connectivity index (χ3n) is 1.34. The van der Waals surface area contributed by atoms with Crippen LogP contribution in [0.15, 0.2) is 18.3 Å². The van der Waals surface area contributed by atoms with Crippen LogP contribution in [-0.4, -0.2) is 10.9 Å². The first kappa shape index (κ1) is 6.48. The third-order valence-corrected chi connectivity index (χ3v) is 1.93. The number of nitrogens with one attached hydrogen (secondary N) is 2. The van der Waals surface area contributed by atoms with E-state index in [4.69, 9.17) is 0 Å². The van der Waals surface area contributed by atoms with Crippen LogP contribution in [0.2, 0.25) is 0 Å². The molecule has 2 N–H and O–H groups in total. The van der Waals surface area contributed by atoms with Crippen LogP contribution in [0.25, 0.3) is 0 Å². The molecule has 0 aromatic carbocycles. The lowest BCUT2D eigenvalue weighted by atomic mass is 10.2. The van der Waals surface area contributed by atoms with E-state index in [0.29, 0.717) is 11.4 Å². The molecule has 1 aromatic heterocycles. The molecule has 56 valence electrons. The fraction of sp³-hybridized carbons (Fsp3) is 0. The first-order valence-corrected chi connectivity index (χ1v) is 3.87. The molecular formula is C6H5N3OS. The summed E-state index contributed by atoms with van der Waals surface area (Å²) in [7, 11) is 0. The number of fused-ring (bicyclic) bond motifs is 1. The van der Waals surface area contributed by atoms with Crippen LogP contribution in [-0.2, 0) is 0 Å². The molecule has 0 atom stereocenters. The molecule has 0 spiro atoms. The molecule has 2 heterocycles. The van der Waals surface area contributed by atoms with Crippen molar-refractivity contribution >= 4 is 23.9 Å². The van der Waals surface area contributed by atoms with Crippen molar-refractivity contribution in [3.8, 4) is 0 Å². The van der Waals surface area contributed by atoms with Crippen LogP contribution in [0, 0.1) is 0 Å². The Morgan fingerprint density at radius 1 is 1.45 bits per heavy atom. The van der Waals surface area contributed by atoms with Gasteiger partial charge < -0.3 is 0 Å². The van der Waals surface area contributed by atoms with E-state index in [2.05, 4.69) is 14.4 Å². The van der Waals surface area contributed by atoms with Crippen LogP contribution in [0.5, 0.6) is 0 Å². The van der Waals surface area contributed by atoms with E-state index in [1.54, 1.807) is 18.3 Å². The Balaban J connectivity index is 2.52. The zero-order valence-electron chi connectivity index (χ0n) is 5.50. The van der Waals surface area contributed by atoms with Crippen LogP contribution < -0.4 is 9.44 Å². The average Bonchev–Trinajstić information content (AvgIpc) is 2.06. The van der Waals surface area contributed by atoms with E-state index in [1.807, 2.05) is 0 Å². The minimum Gasteiger partial charge on any atom is -0.296 e. The predicted octanol–water partition coefficient (Wildman–Crippen LogP) is 0.800. The number of rotatable bonds is 0. The molecule has 1 amide bonds. The minimum atomic E-state index is -0.100. The van der Waals surface area contributed by atoms with Crippen LogP contribution in [0.1, 0.15) is 10.4 Å². The Bertz CT molecular complexity index is 302. The van der Waals surface area contributed by atoms with Gasteiger partial charge in [0.1, 0.15) is 5.82 Å². The highest BCUT2D eigenvalue weighted by Gasteiger charge is 2.16. The van der Waals surface area contributed by atoms with E-state index in [9.17, 15) is 4.79 Å². The summed E-state index contributed by atoms with van der Waals surface area (Å²) in [6.07, 6.45) is 1.64. The highest BCUT2D eigenvalue weighted by atomic mass is 32.2. The van der Waals surface area contributed by atoms with Gasteiger partial charge in [-0.1, -0.05) is 0 Å². The lowest BCUT2D eigenvalue weighted by Crippen LogP contribution is -2.24. The molecule has 0 saturated heterocycles. The lowest BCUT2D eigenvalue weighted by Gasteiger charge is -2.14. The Hall–Kier alpha value is -1.23. The second-order valence-electron chi connectivity index (χ2n) is 2.03. The molecule has 0 radical (unpaired) electrons. The van der Waals surface area contributed by atoms with Crippen LogP contribution in [0.3, 0.4) is 0 Å². The van der Waals surface area contributed by atoms with Gasteiger partial charge in [0, 0.05) is 6.20 Å². The summed E-state index contributed by atoms with van der Waals surface area (Å²) in [4.78, 5) is 15.1. The summed E-state index contributed by atoms with van der Waals surface area (Å²) in [6.45, 7) is 0. The second kappa shape index (κ2) is 2.43. The molecule has 4 nitrogen and oxygen atoms in total. The number of anilines is 1. The van der Waals surface area contributed by atoms with Crippen molar-refractivity contribution in [2.75, 3.05) is 4.72 Å². The van der Waals surface area contributed by atoms with Gasteiger partial charge in [0.2, 0.25) is 0 Å². The van der Waals surface area contributed by atoms with Crippen LogP contribution in [0.4, 0.5) is 5.82 Å². The van der Waals surface area contributed by atoms with Gasteiger partial charge in [-0.25, -0.2) is 4.98 Å². The molecule has 0 aliphatic carbocycles. The van der Waals surface area contributed by atoms with Gasteiger partial charge in [-0.05, 0) is 12.1 Å². The number of hydrogen-bond donors (Lipinski definition) is 2. The van der Waals surface area contributed by atoms with Crippen molar-refractivity contribution in [3.63, 3.8) is 0 Å². The van der Waals surface area contributed by atoms with Crippen LogP contribution >= 0.6 is 12.1 Å². The molecule has 1 aliphatic rings. The van der Waals surface area contributed by atoms with Crippen molar-refractivity contribution < 1.29 is 4.79 Å². The molecule has 0 fully saturated rings. The topological polar surface area (TPSA) is 54.0 Å². The molecule has 1 aromatic rings. The third kappa shape index (κ3) is 1.03. The van der Waals surface area contributed by atoms with Gasteiger partial charge in [0.15, 0.2) is 0 Å². The molecule has 1 aliphatic heterocycles. The van der Waals surface area contributed by atoms with Gasteiger partial charge in [0.25, 0.3) is 5.91 Å². The SMILES string of the molecule is O=C1NSNc2ncccc21. The minimum absolute atomic E-state index is 0.100. The second-order valence-corrected chi connectivity index (χ2v) is 2.65. The number of amides is 1. The van der Waals surface area contributed by atoms with E-state index in [0.717, 1.165) is 12.1 Å². The molecular weight excluding hydrogens is 162 g/mol. The maximum absolute atomic E-state index is 11.1. The first-order valence-electron chi connectivity index (χ1n) is 3.05. The largest absolute Gasteiger partial charge is 0.296 e. The van der Waals surface area contributed by atoms with Crippen molar-refractivity contribution in [1.82, 2.24) is 9.71 Å². The van der Waals surface area contributed by atoms with Gasteiger partial charge in [0.05, 0.1) is 17.7 Å². The molecule has 5 heteroatoms. The standard InChI is InChI=1S/C6H5N3OS/c10-6-4-2-1-3-7-5(4)8-11-9-6/h1-3H,(H,7,8)(H,9,10). The fourth-order valence-corrected chi connectivity index (χ4v) is 1.36. The highest BCUT2D eigenvalue weighted by Crippen LogP contribution is 2.18. The van der Waals surface area contributed by atoms with Crippen molar-refractivity contribution in [1.29, 1.82) is 0 Å². The summed E-state index contributed by atoms with van der Waals surface area (Å²) in [5, 5.41) is 0. The monoisotopic (exact) mass is 167 g/mol. The van der Waals surface area contributed by atoms with E-state index in [1.165, 1.54) is 0 Å². The summed E-state index contributed by atoms with van der Waals surface area (Å²) < 4.78 is 5.43. The molecule has 0 saturated carbocycles. The lowest BCUT2D eigenvalue weighted by molar-refractivity contribution is 0.0984. The van der Waals surface area contributed by atoms with Crippen molar-refractivity contribution in [3.05, 3.63) is 23.9 Å². The Morgan fingerprint density at radius 2 is 2.36 bits per heavy atom. The van der Waals surface area contributed by atoms with E-state index in [-0.39, 0.29) is 5.91 Å². The summed E-state index contributed by atoms with van der Waals surface area (Å²) >= 11 is 1.13. The maximum Gasteiger partial charge on any atom is 0.266 e. The highest BCUT2D eigenvalue weighted by molar-refractivity contribution is 7.99. The Morgan fingerprint density at radius 3 is 3.18 bits per heavy atom. The smallest absolute Gasteiger partial charge is 0.266 e. The Labute approximate surface area is 67.7 Å². The number of nitrogens with zero attached hydrogens (tertiary/aromatic N) is 1. The zero-order chi connectivity index (χ0) is 7.68. The van der Waals surface area contributed by atoms with Gasteiger partial charge in [-0.2, -0.15) is 0 Å². The molecule has 11 heavy (non-hydrogen) atoms. The predicted molar refractivity (Wildman–Crippen MR) is 42.9 cm³/mol. The van der Waals surface area contributed by atoms with E-state index >= 15 is 0 Å². The van der Waals surface area contributed by atoms with Gasteiger partial charge in [-0.3, -0.25) is 14.2 Å². The first-order chi connectivity index (χ1) is 5.38. The number of aromatic nitrogens is 1. The summed E-state index contributed by atoms with van der Waals surface area (Å²) in [5.41, 5.74) is 0.589. The number of pyridine rings is 1. The molecule has 2 rings (SSSR count). The zero-order valence-corrected chi connectivity index (χ0v) is 6.31. The Kier molecular flexibility index (Phi) is 1.43. The van der Waals surface area contributed by atoms with E-state index < -0.39 is 0 Å². The summed E-state index contributed by atoms with van der Waals surface area (Å²) in [5.74, 6) is 0.526. The summed E-state index contributed by atoms with van der Waals surface area (Å²) in [6, 6.07) is 3.46. The number of carbonyl (C=O) groups excluding carboxylic acids is 1. The van der Waals surface area contributed by atoms with Gasteiger partial charge >= 0.3 is 0 Å². The average molecular weight is 167 g/mol. The fourth-order valence-electron chi connectivity index (χ4n) is 0.845.